The third-order valence-corrected chi connectivity index (χ3v) is 3.62. The molecule has 1 unspecified atom stereocenters. The summed E-state index contributed by atoms with van der Waals surface area (Å²) in [5.41, 5.74) is 1.04. The van der Waals surface area contributed by atoms with E-state index in [4.69, 9.17) is 11.6 Å². The van der Waals surface area contributed by atoms with E-state index in [1.165, 1.54) is 12.8 Å². The fraction of sp³-hybridized carbons (Fsp3) is 0.500. The third kappa shape index (κ3) is 3.47. The van der Waals surface area contributed by atoms with Crippen molar-refractivity contribution in [3.8, 4) is 0 Å². The summed E-state index contributed by atoms with van der Waals surface area (Å²) in [6.45, 7) is 0. The van der Waals surface area contributed by atoms with E-state index in [9.17, 15) is 5.11 Å². The minimum absolute atomic E-state index is 0.240. The Morgan fingerprint density at radius 1 is 1.47 bits per heavy atom. The van der Waals surface area contributed by atoms with E-state index in [0.717, 1.165) is 27.4 Å². The molecule has 82 valence electrons. The lowest BCUT2D eigenvalue weighted by molar-refractivity contribution is 0.158. The van der Waals surface area contributed by atoms with Crippen molar-refractivity contribution in [1.82, 2.24) is 0 Å². The van der Waals surface area contributed by atoms with Gasteiger partial charge in [0.1, 0.15) is 0 Å². The zero-order chi connectivity index (χ0) is 10.8. The van der Waals surface area contributed by atoms with E-state index in [1.807, 2.05) is 18.2 Å². The maximum absolute atomic E-state index is 9.84. The molecule has 3 heteroatoms. The number of hydrogen-bond donors (Lipinski definition) is 1. The van der Waals surface area contributed by atoms with Crippen LogP contribution in [0.5, 0.6) is 0 Å². The van der Waals surface area contributed by atoms with Crippen LogP contribution in [0.4, 0.5) is 0 Å². The molecule has 1 nitrogen and oxygen atoms in total. The number of rotatable bonds is 4. The minimum Gasteiger partial charge on any atom is -0.393 e. The first-order valence-corrected chi connectivity index (χ1v) is 6.44. The van der Waals surface area contributed by atoms with Crippen LogP contribution in [0.1, 0.15) is 24.8 Å². The average molecular weight is 290 g/mol. The minimum atomic E-state index is -0.240. The summed E-state index contributed by atoms with van der Waals surface area (Å²) in [6, 6.07) is 5.81. The maximum atomic E-state index is 9.84. The first-order chi connectivity index (χ1) is 7.15. The van der Waals surface area contributed by atoms with Gasteiger partial charge in [0, 0.05) is 9.50 Å². The highest BCUT2D eigenvalue weighted by atomic mass is 79.9. The Bertz CT molecular complexity index is 349. The highest BCUT2D eigenvalue weighted by Crippen LogP contribution is 2.34. The molecule has 1 saturated carbocycles. The van der Waals surface area contributed by atoms with Crippen LogP contribution in [-0.4, -0.2) is 11.2 Å². The van der Waals surface area contributed by atoms with E-state index in [1.54, 1.807) is 0 Å². The van der Waals surface area contributed by atoms with Crippen LogP contribution >= 0.6 is 27.5 Å². The van der Waals surface area contributed by atoms with Gasteiger partial charge >= 0.3 is 0 Å². The van der Waals surface area contributed by atoms with Gasteiger partial charge in [-0.25, -0.2) is 0 Å². The topological polar surface area (TPSA) is 20.2 Å². The second-order valence-corrected chi connectivity index (χ2v) is 5.60. The maximum Gasteiger partial charge on any atom is 0.0583 e. The Hall–Kier alpha value is -0.0500. The summed E-state index contributed by atoms with van der Waals surface area (Å²) in [7, 11) is 0. The van der Waals surface area contributed by atoms with Crippen molar-refractivity contribution in [3.63, 3.8) is 0 Å². The van der Waals surface area contributed by atoms with Crippen molar-refractivity contribution in [2.24, 2.45) is 5.92 Å². The quantitative estimate of drug-likeness (QED) is 0.894. The smallest absolute Gasteiger partial charge is 0.0583 e. The lowest BCUT2D eigenvalue weighted by Crippen LogP contribution is -2.11. The molecule has 1 aromatic carbocycles. The van der Waals surface area contributed by atoms with Crippen molar-refractivity contribution in [3.05, 3.63) is 33.3 Å². The van der Waals surface area contributed by atoms with Gasteiger partial charge in [-0.05, 0) is 36.5 Å². The Balaban J connectivity index is 1.96. The first-order valence-electron chi connectivity index (χ1n) is 5.27. The molecule has 0 heterocycles. The van der Waals surface area contributed by atoms with E-state index >= 15 is 0 Å². The molecule has 0 bridgehead atoms. The van der Waals surface area contributed by atoms with Gasteiger partial charge in [0.2, 0.25) is 0 Å². The highest BCUT2D eigenvalue weighted by Gasteiger charge is 2.24. The molecule has 0 aromatic heterocycles. The SMILES string of the molecule is OC(Cc1ccc(Br)cc1Cl)CC1CC1. The summed E-state index contributed by atoms with van der Waals surface area (Å²) >= 11 is 9.45. The van der Waals surface area contributed by atoms with Crippen molar-refractivity contribution in [1.29, 1.82) is 0 Å². The van der Waals surface area contributed by atoms with Gasteiger partial charge in [0.15, 0.2) is 0 Å². The molecule has 15 heavy (non-hydrogen) atoms. The Morgan fingerprint density at radius 3 is 2.80 bits per heavy atom. The summed E-state index contributed by atoms with van der Waals surface area (Å²) in [5, 5.41) is 10.6. The lowest BCUT2D eigenvalue weighted by atomic mass is 10.0. The normalized spacial score (nSPS) is 17.8. The molecule has 1 aliphatic carbocycles. The van der Waals surface area contributed by atoms with Gasteiger partial charge in [-0.1, -0.05) is 46.4 Å². The summed E-state index contributed by atoms with van der Waals surface area (Å²) in [6.07, 6.45) is 3.92. The highest BCUT2D eigenvalue weighted by molar-refractivity contribution is 9.10. The summed E-state index contributed by atoms with van der Waals surface area (Å²) in [5.74, 6) is 0.759. The fourth-order valence-corrected chi connectivity index (χ4v) is 2.51. The summed E-state index contributed by atoms with van der Waals surface area (Å²) < 4.78 is 0.980. The Labute approximate surface area is 104 Å². The van der Waals surface area contributed by atoms with Gasteiger partial charge < -0.3 is 5.11 Å². The van der Waals surface area contributed by atoms with Crippen molar-refractivity contribution < 1.29 is 5.11 Å². The van der Waals surface area contributed by atoms with Crippen LogP contribution < -0.4 is 0 Å². The van der Waals surface area contributed by atoms with Crippen molar-refractivity contribution >= 4 is 27.5 Å². The van der Waals surface area contributed by atoms with Gasteiger partial charge in [-0.15, -0.1) is 0 Å². The van der Waals surface area contributed by atoms with E-state index in [0.29, 0.717) is 6.42 Å². The van der Waals surface area contributed by atoms with E-state index in [-0.39, 0.29) is 6.10 Å². The lowest BCUT2D eigenvalue weighted by Gasteiger charge is -2.11. The molecule has 0 saturated heterocycles. The van der Waals surface area contributed by atoms with Gasteiger partial charge in [-0.3, -0.25) is 0 Å². The standard InChI is InChI=1S/C12H14BrClO/c13-10-4-3-9(12(14)7-10)6-11(15)5-8-1-2-8/h3-4,7-8,11,15H,1-2,5-6H2. The summed E-state index contributed by atoms with van der Waals surface area (Å²) in [4.78, 5) is 0. The monoisotopic (exact) mass is 288 g/mol. The predicted octanol–water partition coefficient (Wildman–Crippen LogP) is 3.81. The van der Waals surface area contributed by atoms with Crippen LogP contribution in [0.15, 0.2) is 22.7 Å². The van der Waals surface area contributed by atoms with Crippen LogP contribution in [0.2, 0.25) is 5.02 Å². The molecular formula is C12H14BrClO. The van der Waals surface area contributed by atoms with Gasteiger partial charge in [0.05, 0.1) is 6.10 Å². The van der Waals surface area contributed by atoms with Crippen LogP contribution in [-0.2, 0) is 6.42 Å². The first kappa shape index (κ1) is 11.4. The molecule has 1 aliphatic rings. The molecule has 1 N–H and O–H groups in total. The molecule has 0 amide bonds. The van der Waals surface area contributed by atoms with Crippen molar-refractivity contribution in [2.75, 3.05) is 0 Å². The number of benzene rings is 1. The Morgan fingerprint density at radius 2 is 2.20 bits per heavy atom. The van der Waals surface area contributed by atoms with E-state index in [2.05, 4.69) is 15.9 Å². The molecule has 1 aromatic rings. The molecule has 1 atom stereocenters. The van der Waals surface area contributed by atoms with Gasteiger partial charge in [-0.2, -0.15) is 0 Å². The van der Waals surface area contributed by atoms with Gasteiger partial charge in [0.25, 0.3) is 0 Å². The average Bonchev–Trinajstić information content (AvgIpc) is 2.94. The zero-order valence-electron chi connectivity index (χ0n) is 8.42. The molecular weight excluding hydrogens is 275 g/mol. The number of hydrogen-bond acceptors (Lipinski definition) is 1. The number of aliphatic hydroxyl groups is 1. The Kier molecular flexibility index (Phi) is 3.70. The molecule has 2 rings (SSSR count). The van der Waals surface area contributed by atoms with Crippen LogP contribution in [0.3, 0.4) is 0 Å². The fourth-order valence-electron chi connectivity index (χ4n) is 1.76. The van der Waals surface area contributed by atoms with Crippen LogP contribution in [0, 0.1) is 5.92 Å². The predicted molar refractivity (Wildman–Crippen MR) is 66.2 cm³/mol. The second-order valence-electron chi connectivity index (χ2n) is 4.27. The zero-order valence-corrected chi connectivity index (χ0v) is 10.8. The van der Waals surface area contributed by atoms with Crippen molar-refractivity contribution in [2.45, 2.75) is 31.8 Å². The largest absolute Gasteiger partial charge is 0.393 e. The molecule has 0 spiro atoms. The number of halogens is 2. The molecule has 0 radical (unpaired) electrons. The van der Waals surface area contributed by atoms with E-state index < -0.39 is 0 Å². The second kappa shape index (κ2) is 4.86. The molecule has 1 fully saturated rings. The molecule has 0 aliphatic heterocycles. The van der Waals surface area contributed by atoms with Crippen LogP contribution in [0.25, 0.3) is 0 Å². The number of aliphatic hydroxyl groups excluding tert-OH is 1. The third-order valence-electron chi connectivity index (χ3n) is 2.77.